The van der Waals surface area contributed by atoms with Gasteiger partial charge in [0.15, 0.2) is 0 Å². The Morgan fingerprint density at radius 3 is 2.78 bits per heavy atom. The van der Waals surface area contributed by atoms with Gasteiger partial charge in [0.05, 0.1) is 12.5 Å². The van der Waals surface area contributed by atoms with Crippen molar-refractivity contribution >= 4 is 5.91 Å². The molecule has 1 aromatic rings. The molecular weight excluding hydrogens is 228 g/mol. The molecule has 0 spiro atoms. The van der Waals surface area contributed by atoms with E-state index >= 15 is 0 Å². The van der Waals surface area contributed by atoms with Gasteiger partial charge in [0.1, 0.15) is 5.82 Å². The fourth-order valence-corrected chi connectivity index (χ4v) is 2.18. The largest absolute Gasteiger partial charge is 0.349 e. The Balaban J connectivity index is 0.000000771. The first-order valence-electron chi connectivity index (χ1n) is 6.68. The Hall–Kier alpha value is -1.36. The molecule has 3 N–H and O–H groups in total. The van der Waals surface area contributed by atoms with Gasteiger partial charge in [-0.1, -0.05) is 20.3 Å². The molecule has 1 aliphatic carbocycles. The van der Waals surface area contributed by atoms with Crippen molar-refractivity contribution < 1.29 is 4.79 Å². The number of nitrogens with zero attached hydrogens (tertiary/aromatic N) is 2. The lowest BCUT2D eigenvalue weighted by Gasteiger charge is -2.14. The van der Waals surface area contributed by atoms with E-state index in [1.165, 1.54) is 0 Å². The third kappa shape index (κ3) is 3.57. The van der Waals surface area contributed by atoms with Crippen LogP contribution in [-0.2, 0) is 18.4 Å². The first-order chi connectivity index (χ1) is 8.68. The summed E-state index contributed by atoms with van der Waals surface area (Å²) in [6, 6.07) is 0.0290. The van der Waals surface area contributed by atoms with E-state index in [1.54, 1.807) is 6.20 Å². The SMILES string of the molecule is CC.Cn1ccnc1CNC(=O)C1CCCC1N. The third-order valence-corrected chi connectivity index (χ3v) is 3.25. The van der Waals surface area contributed by atoms with E-state index in [1.807, 2.05) is 31.7 Å². The minimum atomic E-state index is -0.0136. The molecule has 2 unspecified atom stereocenters. The normalized spacial score (nSPS) is 22.2. The number of hydrogen-bond acceptors (Lipinski definition) is 3. The number of hydrogen-bond donors (Lipinski definition) is 2. The highest BCUT2D eigenvalue weighted by Crippen LogP contribution is 2.23. The monoisotopic (exact) mass is 252 g/mol. The number of amides is 1. The van der Waals surface area contributed by atoms with Crippen LogP contribution in [0.3, 0.4) is 0 Å². The summed E-state index contributed by atoms with van der Waals surface area (Å²) < 4.78 is 1.90. The van der Waals surface area contributed by atoms with Gasteiger partial charge >= 0.3 is 0 Å². The molecule has 1 heterocycles. The first kappa shape index (κ1) is 14.7. The molecule has 1 amide bonds. The van der Waals surface area contributed by atoms with Crippen molar-refractivity contribution in [2.45, 2.75) is 45.7 Å². The van der Waals surface area contributed by atoms with Gasteiger partial charge in [0.25, 0.3) is 0 Å². The predicted molar refractivity (Wildman–Crippen MR) is 71.7 cm³/mol. The van der Waals surface area contributed by atoms with E-state index in [0.717, 1.165) is 25.1 Å². The van der Waals surface area contributed by atoms with Crippen LogP contribution in [0.15, 0.2) is 12.4 Å². The maximum Gasteiger partial charge on any atom is 0.225 e. The van der Waals surface area contributed by atoms with E-state index in [-0.39, 0.29) is 17.9 Å². The Morgan fingerprint density at radius 1 is 1.56 bits per heavy atom. The van der Waals surface area contributed by atoms with Crippen molar-refractivity contribution in [1.29, 1.82) is 0 Å². The summed E-state index contributed by atoms with van der Waals surface area (Å²) in [5.41, 5.74) is 5.88. The van der Waals surface area contributed by atoms with Crippen LogP contribution < -0.4 is 11.1 Å². The number of aryl methyl sites for hydroxylation is 1. The molecule has 0 aromatic carbocycles. The molecule has 0 saturated heterocycles. The molecule has 2 rings (SSSR count). The standard InChI is InChI=1S/C11H18N4O.C2H6/c1-15-6-5-13-10(15)7-14-11(16)8-3-2-4-9(8)12;1-2/h5-6,8-9H,2-4,7,12H2,1H3,(H,14,16);1-2H3. The number of carbonyl (C=O) groups is 1. The van der Waals surface area contributed by atoms with Crippen LogP contribution in [0.4, 0.5) is 0 Å². The fraction of sp³-hybridized carbons (Fsp3) is 0.692. The van der Waals surface area contributed by atoms with Crippen LogP contribution in [0.1, 0.15) is 38.9 Å². The minimum Gasteiger partial charge on any atom is -0.349 e. The number of carbonyl (C=O) groups excluding carboxylic acids is 1. The third-order valence-electron chi connectivity index (χ3n) is 3.25. The zero-order valence-electron chi connectivity index (χ0n) is 11.5. The highest BCUT2D eigenvalue weighted by molar-refractivity contribution is 5.79. The van der Waals surface area contributed by atoms with Gasteiger partial charge in [0, 0.05) is 25.5 Å². The second kappa shape index (κ2) is 7.16. The molecule has 5 heteroatoms. The molecule has 0 aliphatic heterocycles. The van der Waals surface area contributed by atoms with Gasteiger partial charge in [-0.05, 0) is 12.8 Å². The number of nitrogens with one attached hydrogen (secondary N) is 1. The smallest absolute Gasteiger partial charge is 0.225 e. The van der Waals surface area contributed by atoms with Crippen LogP contribution in [0, 0.1) is 5.92 Å². The van der Waals surface area contributed by atoms with Crippen LogP contribution in [0.5, 0.6) is 0 Å². The predicted octanol–water partition coefficient (Wildman–Crippen LogP) is 1.19. The lowest BCUT2D eigenvalue weighted by atomic mass is 10.0. The summed E-state index contributed by atoms with van der Waals surface area (Å²) in [6.07, 6.45) is 6.52. The van der Waals surface area contributed by atoms with Gasteiger partial charge in [-0.3, -0.25) is 4.79 Å². The molecule has 1 aromatic heterocycles. The second-order valence-corrected chi connectivity index (χ2v) is 4.37. The highest BCUT2D eigenvalue weighted by Gasteiger charge is 2.29. The topological polar surface area (TPSA) is 72.9 Å². The summed E-state index contributed by atoms with van der Waals surface area (Å²) in [4.78, 5) is 16.0. The van der Waals surface area contributed by atoms with Gasteiger partial charge in [-0.2, -0.15) is 0 Å². The van der Waals surface area contributed by atoms with E-state index in [0.29, 0.717) is 6.54 Å². The van der Waals surface area contributed by atoms with Crippen molar-refractivity contribution in [2.75, 3.05) is 0 Å². The molecule has 1 saturated carbocycles. The van der Waals surface area contributed by atoms with Gasteiger partial charge in [-0.25, -0.2) is 4.98 Å². The number of imidazole rings is 1. The van der Waals surface area contributed by atoms with Crippen molar-refractivity contribution in [3.63, 3.8) is 0 Å². The number of aromatic nitrogens is 2. The van der Waals surface area contributed by atoms with Crippen molar-refractivity contribution in [2.24, 2.45) is 18.7 Å². The Morgan fingerprint density at radius 2 is 2.28 bits per heavy atom. The van der Waals surface area contributed by atoms with Crippen molar-refractivity contribution in [3.8, 4) is 0 Å². The molecule has 102 valence electrons. The summed E-state index contributed by atoms with van der Waals surface area (Å²) in [5, 5.41) is 2.90. The number of nitrogens with two attached hydrogens (primary N) is 1. The number of rotatable bonds is 3. The van der Waals surface area contributed by atoms with Crippen LogP contribution in [0.2, 0.25) is 0 Å². The fourth-order valence-electron chi connectivity index (χ4n) is 2.18. The molecule has 1 fully saturated rings. The Bertz CT molecular complexity index is 375. The quantitative estimate of drug-likeness (QED) is 0.848. The minimum absolute atomic E-state index is 0.0136. The first-order valence-corrected chi connectivity index (χ1v) is 6.68. The molecule has 1 aliphatic rings. The average Bonchev–Trinajstić information content (AvgIpc) is 2.98. The molecule has 0 radical (unpaired) electrons. The van der Waals surface area contributed by atoms with Gasteiger partial charge in [0.2, 0.25) is 5.91 Å². The summed E-state index contributed by atoms with van der Waals surface area (Å²) >= 11 is 0. The maximum absolute atomic E-state index is 11.8. The molecule has 0 bridgehead atoms. The maximum atomic E-state index is 11.8. The summed E-state index contributed by atoms with van der Waals surface area (Å²) in [5.74, 6) is 0.910. The molecule has 5 nitrogen and oxygen atoms in total. The van der Waals surface area contributed by atoms with E-state index in [9.17, 15) is 4.79 Å². The zero-order chi connectivity index (χ0) is 13.5. The van der Waals surface area contributed by atoms with Gasteiger partial charge < -0.3 is 15.6 Å². The lowest BCUT2D eigenvalue weighted by Crippen LogP contribution is -2.38. The highest BCUT2D eigenvalue weighted by atomic mass is 16.1. The van der Waals surface area contributed by atoms with E-state index in [2.05, 4.69) is 10.3 Å². The van der Waals surface area contributed by atoms with Crippen LogP contribution >= 0.6 is 0 Å². The molecular formula is C13H24N4O. The summed E-state index contributed by atoms with van der Waals surface area (Å²) in [6.45, 7) is 4.48. The average molecular weight is 252 g/mol. The molecule has 18 heavy (non-hydrogen) atoms. The van der Waals surface area contributed by atoms with Crippen molar-refractivity contribution in [1.82, 2.24) is 14.9 Å². The van der Waals surface area contributed by atoms with E-state index in [4.69, 9.17) is 5.73 Å². The Kier molecular flexibility index (Phi) is 5.85. The van der Waals surface area contributed by atoms with Crippen LogP contribution in [-0.4, -0.2) is 21.5 Å². The zero-order valence-corrected chi connectivity index (χ0v) is 11.5. The van der Waals surface area contributed by atoms with E-state index < -0.39 is 0 Å². The van der Waals surface area contributed by atoms with Gasteiger partial charge in [-0.15, -0.1) is 0 Å². The lowest BCUT2D eigenvalue weighted by molar-refractivity contribution is -0.125. The molecule has 2 atom stereocenters. The van der Waals surface area contributed by atoms with Crippen LogP contribution in [0.25, 0.3) is 0 Å². The Labute approximate surface area is 109 Å². The summed E-state index contributed by atoms with van der Waals surface area (Å²) in [7, 11) is 1.91. The second-order valence-electron chi connectivity index (χ2n) is 4.37. The van der Waals surface area contributed by atoms with Crippen molar-refractivity contribution in [3.05, 3.63) is 18.2 Å².